The number of nitrogens with one attached hydrogen (secondary N) is 2. The number of imidazole rings is 1. The molecule has 0 saturated carbocycles. The topological polar surface area (TPSA) is 63.5 Å². The summed E-state index contributed by atoms with van der Waals surface area (Å²) in [5.41, 5.74) is 1.33. The van der Waals surface area contributed by atoms with Gasteiger partial charge in [0.15, 0.2) is 5.96 Å². The van der Waals surface area contributed by atoms with Crippen LogP contribution in [-0.4, -0.2) is 42.8 Å². The highest BCUT2D eigenvalue weighted by Gasteiger charge is 2.06. The maximum atomic E-state index is 5.22. The molecule has 28 heavy (non-hydrogen) atoms. The Kier molecular flexibility index (Phi) is 11.6. The lowest BCUT2D eigenvalue weighted by atomic mass is 9.98. The molecule has 0 aliphatic carbocycles. The molecule has 0 fully saturated rings. The van der Waals surface area contributed by atoms with E-state index in [0.29, 0.717) is 5.92 Å². The molecule has 1 heterocycles. The van der Waals surface area contributed by atoms with Crippen molar-refractivity contribution in [1.82, 2.24) is 20.2 Å². The summed E-state index contributed by atoms with van der Waals surface area (Å²) in [6, 6.07) is 8.31. The number of guanidine groups is 1. The summed E-state index contributed by atoms with van der Waals surface area (Å²) in [5.74, 6) is 3.33. The minimum absolute atomic E-state index is 0. The summed E-state index contributed by atoms with van der Waals surface area (Å²) >= 11 is 0. The molecule has 2 N–H and O–H groups in total. The zero-order valence-corrected chi connectivity index (χ0v) is 19.8. The number of methoxy groups -OCH3 is 1. The first-order chi connectivity index (χ1) is 13.1. The fourth-order valence-electron chi connectivity index (χ4n) is 2.98. The summed E-state index contributed by atoms with van der Waals surface area (Å²) in [4.78, 5) is 8.55. The Bertz CT molecular complexity index is 699. The monoisotopic (exact) mass is 499 g/mol. The lowest BCUT2D eigenvalue weighted by molar-refractivity contribution is 0.414. The van der Waals surface area contributed by atoms with Crippen LogP contribution in [0.1, 0.15) is 43.5 Å². The van der Waals surface area contributed by atoms with Crippen LogP contribution in [0.25, 0.3) is 0 Å². The van der Waals surface area contributed by atoms with Crippen LogP contribution in [0, 0.1) is 6.92 Å². The first kappa shape index (κ1) is 24.3. The van der Waals surface area contributed by atoms with Gasteiger partial charge in [0, 0.05) is 39.1 Å². The van der Waals surface area contributed by atoms with Gasteiger partial charge in [0.25, 0.3) is 0 Å². The van der Waals surface area contributed by atoms with Crippen molar-refractivity contribution in [2.45, 2.75) is 45.6 Å². The molecular formula is C21H34IN5O. The number of halogens is 1. The van der Waals surface area contributed by atoms with Gasteiger partial charge in [-0.3, -0.25) is 4.99 Å². The molecule has 1 aromatic carbocycles. The van der Waals surface area contributed by atoms with Crippen LogP contribution in [0.5, 0.6) is 5.75 Å². The van der Waals surface area contributed by atoms with Crippen LogP contribution in [0.15, 0.2) is 41.7 Å². The standard InChI is InChI=1S/C21H33N5O.HI/c1-17(19-7-9-20(27-4)10-8-19)11-13-25-21(22-3)24-12-5-6-15-26-16-14-23-18(26)2;/h7-10,14,16-17H,5-6,11-13,15H2,1-4H3,(H2,22,24,25);1H. The molecule has 0 saturated heterocycles. The number of benzene rings is 1. The Balaban J connectivity index is 0.00000392. The van der Waals surface area contributed by atoms with Gasteiger partial charge in [-0.2, -0.15) is 0 Å². The molecule has 1 atom stereocenters. The molecule has 0 aliphatic heterocycles. The molecular weight excluding hydrogens is 465 g/mol. The SMILES string of the molecule is CN=C(NCCCCn1ccnc1C)NCCC(C)c1ccc(OC)cc1.I. The number of aromatic nitrogens is 2. The van der Waals surface area contributed by atoms with Crippen molar-refractivity contribution in [2.24, 2.45) is 4.99 Å². The summed E-state index contributed by atoms with van der Waals surface area (Å²) in [5, 5.41) is 6.80. The first-order valence-corrected chi connectivity index (χ1v) is 9.70. The highest BCUT2D eigenvalue weighted by Crippen LogP contribution is 2.21. The summed E-state index contributed by atoms with van der Waals surface area (Å²) in [7, 11) is 3.51. The molecule has 2 aromatic rings. The van der Waals surface area contributed by atoms with Gasteiger partial charge in [0.1, 0.15) is 11.6 Å². The lowest BCUT2D eigenvalue weighted by Crippen LogP contribution is -2.38. The van der Waals surface area contributed by atoms with Crippen LogP contribution in [-0.2, 0) is 6.54 Å². The quantitative estimate of drug-likeness (QED) is 0.225. The van der Waals surface area contributed by atoms with E-state index in [9.17, 15) is 0 Å². The van der Waals surface area contributed by atoms with Crippen molar-refractivity contribution in [3.63, 3.8) is 0 Å². The second kappa shape index (κ2) is 13.4. The highest BCUT2D eigenvalue weighted by molar-refractivity contribution is 14.0. The summed E-state index contributed by atoms with van der Waals surface area (Å²) in [6.07, 6.45) is 7.16. The maximum Gasteiger partial charge on any atom is 0.190 e. The van der Waals surface area contributed by atoms with Gasteiger partial charge in [-0.25, -0.2) is 4.98 Å². The fourth-order valence-corrected chi connectivity index (χ4v) is 2.98. The number of aliphatic imine (C=N–C) groups is 1. The molecule has 6 nitrogen and oxygen atoms in total. The van der Waals surface area contributed by atoms with Gasteiger partial charge in [-0.1, -0.05) is 19.1 Å². The van der Waals surface area contributed by atoms with E-state index in [1.165, 1.54) is 5.56 Å². The van der Waals surface area contributed by atoms with Gasteiger partial charge >= 0.3 is 0 Å². The van der Waals surface area contributed by atoms with Crippen LogP contribution in [0.4, 0.5) is 0 Å². The van der Waals surface area contributed by atoms with Gasteiger partial charge < -0.3 is 19.9 Å². The van der Waals surface area contributed by atoms with Crippen LogP contribution < -0.4 is 15.4 Å². The Morgan fingerprint density at radius 1 is 1.18 bits per heavy atom. The van der Waals surface area contributed by atoms with Crippen molar-refractivity contribution in [2.75, 3.05) is 27.2 Å². The Morgan fingerprint density at radius 3 is 2.50 bits per heavy atom. The third kappa shape index (κ3) is 8.08. The molecule has 0 spiro atoms. The van der Waals surface area contributed by atoms with Gasteiger partial charge in [-0.05, 0) is 49.8 Å². The number of unbranched alkanes of at least 4 members (excludes halogenated alkanes) is 1. The molecule has 0 radical (unpaired) electrons. The Hall–Kier alpha value is -1.77. The van der Waals surface area contributed by atoms with E-state index in [0.717, 1.165) is 56.4 Å². The van der Waals surface area contributed by atoms with E-state index in [-0.39, 0.29) is 24.0 Å². The molecule has 0 aliphatic rings. The maximum absolute atomic E-state index is 5.22. The van der Waals surface area contributed by atoms with Crippen LogP contribution >= 0.6 is 24.0 Å². The molecule has 0 bridgehead atoms. The molecule has 1 unspecified atom stereocenters. The predicted molar refractivity (Wildman–Crippen MR) is 127 cm³/mol. The number of ether oxygens (including phenoxy) is 1. The first-order valence-electron chi connectivity index (χ1n) is 9.70. The fraction of sp³-hybridized carbons (Fsp3) is 0.524. The van der Waals surface area contributed by atoms with E-state index < -0.39 is 0 Å². The zero-order valence-electron chi connectivity index (χ0n) is 17.4. The Labute approximate surface area is 186 Å². The van der Waals surface area contributed by atoms with Crippen LogP contribution in [0.3, 0.4) is 0 Å². The molecule has 156 valence electrons. The molecule has 2 rings (SSSR count). The van der Waals surface area contributed by atoms with Crippen molar-refractivity contribution in [1.29, 1.82) is 0 Å². The average molecular weight is 499 g/mol. The smallest absolute Gasteiger partial charge is 0.190 e. The number of hydrogen-bond donors (Lipinski definition) is 2. The predicted octanol–water partition coefficient (Wildman–Crippen LogP) is 3.96. The van der Waals surface area contributed by atoms with E-state index in [1.807, 2.05) is 38.5 Å². The number of hydrogen-bond acceptors (Lipinski definition) is 3. The molecule has 7 heteroatoms. The van der Waals surface area contributed by atoms with Gasteiger partial charge in [-0.15, -0.1) is 24.0 Å². The van der Waals surface area contributed by atoms with Crippen molar-refractivity contribution in [3.05, 3.63) is 48.0 Å². The number of aryl methyl sites for hydroxylation is 2. The van der Waals surface area contributed by atoms with E-state index in [4.69, 9.17) is 4.74 Å². The normalized spacial score (nSPS) is 12.2. The number of rotatable bonds is 10. The van der Waals surface area contributed by atoms with Crippen molar-refractivity contribution < 1.29 is 4.74 Å². The van der Waals surface area contributed by atoms with E-state index in [2.05, 4.69) is 44.2 Å². The second-order valence-corrected chi connectivity index (χ2v) is 6.76. The minimum Gasteiger partial charge on any atom is -0.497 e. The minimum atomic E-state index is 0. The largest absolute Gasteiger partial charge is 0.497 e. The molecule has 1 aromatic heterocycles. The third-order valence-corrected chi connectivity index (χ3v) is 4.82. The van der Waals surface area contributed by atoms with Crippen molar-refractivity contribution >= 4 is 29.9 Å². The van der Waals surface area contributed by atoms with Gasteiger partial charge in [0.05, 0.1) is 7.11 Å². The highest BCUT2D eigenvalue weighted by atomic mass is 127. The van der Waals surface area contributed by atoms with Crippen molar-refractivity contribution in [3.8, 4) is 5.75 Å². The summed E-state index contributed by atoms with van der Waals surface area (Å²) in [6.45, 7) is 7.11. The van der Waals surface area contributed by atoms with Crippen LogP contribution in [0.2, 0.25) is 0 Å². The summed E-state index contributed by atoms with van der Waals surface area (Å²) < 4.78 is 7.40. The molecule has 0 amide bonds. The van der Waals surface area contributed by atoms with Gasteiger partial charge in [0.2, 0.25) is 0 Å². The van der Waals surface area contributed by atoms with E-state index in [1.54, 1.807) is 7.11 Å². The zero-order chi connectivity index (χ0) is 19.5. The Morgan fingerprint density at radius 2 is 1.89 bits per heavy atom. The number of nitrogens with zero attached hydrogens (tertiary/aromatic N) is 3. The lowest BCUT2D eigenvalue weighted by Gasteiger charge is -2.15. The average Bonchev–Trinajstić information content (AvgIpc) is 3.11. The third-order valence-electron chi connectivity index (χ3n) is 4.82. The second-order valence-electron chi connectivity index (χ2n) is 6.76. The van der Waals surface area contributed by atoms with E-state index >= 15 is 0 Å².